The summed E-state index contributed by atoms with van der Waals surface area (Å²) in [6, 6.07) is 9.95. The van der Waals surface area contributed by atoms with E-state index in [0.717, 1.165) is 105 Å². The summed E-state index contributed by atoms with van der Waals surface area (Å²) in [7, 11) is 0. The number of aryl methyl sites for hydroxylation is 2. The number of hydrogen-bond acceptors (Lipinski definition) is 6. The lowest BCUT2D eigenvalue weighted by Crippen LogP contribution is -2.36. The molecule has 4 rings (SSSR count). The molecule has 1 aliphatic carbocycles. The van der Waals surface area contributed by atoms with Crippen molar-refractivity contribution in [3.8, 4) is 0 Å². The Morgan fingerprint density at radius 1 is 1.05 bits per heavy atom. The molecule has 1 fully saturated rings. The lowest BCUT2D eigenvalue weighted by molar-refractivity contribution is -0.119. The van der Waals surface area contributed by atoms with Gasteiger partial charge in [-0.15, -0.1) is 0 Å². The number of hydrogen-bond donors (Lipinski definition) is 1. The molecule has 2 aliphatic rings. The van der Waals surface area contributed by atoms with Crippen LogP contribution in [0.3, 0.4) is 0 Å². The SMILES string of the molecule is CCN1CCC(OC2=CCCC(C)=C(C(=O)Nc3ccc(CCCC(=O)CCCc4cc(C(C)(C)C)no4)cc3)C=C2)CC1. The van der Waals surface area contributed by atoms with Gasteiger partial charge in [-0.2, -0.15) is 0 Å². The lowest BCUT2D eigenvalue weighted by atomic mass is 9.92. The van der Waals surface area contributed by atoms with Crippen LogP contribution >= 0.6 is 0 Å². The molecule has 0 radical (unpaired) electrons. The Labute approximate surface area is 263 Å². The Kier molecular flexibility index (Phi) is 12.2. The molecule has 238 valence electrons. The van der Waals surface area contributed by atoms with Crippen LogP contribution in [-0.4, -0.2) is 47.5 Å². The van der Waals surface area contributed by atoms with Crippen molar-refractivity contribution < 1.29 is 18.8 Å². The maximum absolute atomic E-state index is 13.2. The van der Waals surface area contributed by atoms with Crippen molar-refractivity contribution in [3.63, 3.8) is 0 Å². The van der Waals surface area contributed by atoms with E-state index in [9.17, 15) is 9.59 Å². The van der Waals surface area contributed by atoms with Crippen molar-refractivity contribution in [2.24, 2.45) is 0 Å². The molecule has 7 heteroatoms. The molecule has 0 bridgehead atoms. The number of allylic oxidation sites excluding steroid dienone is 3. The molecule has 1 aromatic heterocycles. The smallest absolute Gasteiger partial charge is 0.255 e. The Morgan fingerprint density at radius 2 is 1.75 bits per heavy atom. The second-order valence-corrected chi connectivity index (χ2v) is 13.2. The second kappa shape index (κ2) is 16.0. The van der Waals surface area contributed by atoms with Gasteiger partial charge in [0.2, 0.25) is 0 Å². The van der Waals surface area contributed by atoms with E-state index in [4.69, 9.17) is 9.26 Å². The lowest BCUT2D eigenvalue weighted by Gasteiger charge is -2.31. The van der Waals surface area contributed by atoms with Gasteiger partial charge >= 0.3 is 0 Å². The van der Waals surface area contributed by atoms with Crippen LogP contribution in [0, 0.1) is 0 Å². The Balaban J connectivity index is 1.18. The van der Waals surface area contributed by atoms with Gasteiger partial charge < -0.3 is 19.5 Å². The Hall–Kier alpha value is -3.45. The molecule has 1 aromatic carbocycles. The third-order valence-electron chi connectivity index (χ3n) is 8.61. The highest BCUT2D eigenvalue weighted by atomic mass is 16.5. The molecule has 1 saturated heterocycles. The third-order valence-corrected chi connectivity index (χ3v) is 8.61. The molecule has 0 atom stereocenters. The predicted octanol–water partition coefficient (Wildman–Crippen LogP) is 7.88. The molecule has 0 saturated carbocycles. The van der Waals surface area contributed by atoms with E-state index in [2.05, 4.69) is 49.1 Å². The van der Waals surface area contributed by atoms with Gasteiger partial charge in [-0.1, -0.05) is 50.6 Å². The molecular weight excluding hydrogens is 550 g/mol. The van der Waals surface area contributed by atoms with Crippen LogP contribution in [-0.2, 0) is 32.6 Å². The number of amides is 1. The van der Waals surface area contributed by atoms with Crippen molar-refractivity contribution in [3.05, 3.63) is 82.5 Å². The van der Waals surface area contributed by atoms with E-state index in [-0.39, 0.29) is 23.2 Å². The van der Waals surface area contributed by atoms with Crippen LogP contribution in [0.2, 0.25) is 0 Å². The normalized spacial score (nSPS) is 16.8. The van der Waals surface area contributed by atoms with Crippen LogP contribution < -0.4 is 5.32 Å². The van der Waals surface area contributed by atoms with E-state index in [0.29, 0.717) is 18.4 Å². The summed E-state index contributed by atoms with van der Waals surface area (Å²) >= 11 is 0. The minimum atomic E-state index is -0.102. The number of ketones is 1. The number of Topliss-reactive ketones (excluding diaryl/α,β-unsaturated/α-hetero) is 1. The van der Waals surface area contributed by atoms with Crippen molar-refractivity contribution >= 4 is 17.4 Å². The number of piperidine rings is 1. The van der Waals surface area contributed by atoms with Gasteiger partial charge in [-0.25, -0.2) is 0 Å². The molecule has 2 aromatic rings. The molecule has 0 spiro atoms. The van der Waals surface area contributed by atoms with E-state index in [1.54, 1.807) is 0 Å². The molecular formula is C37H51N3O4. The standard InChI is InChI=1S/C37H51N3O4/c1-6-40-24-22-32(23-25-40)43-31-14-7-10-27(2)34(21-20-31)36(42)38-29-18-16-28(17-19-29)11-8-12-30(41)13-9-15-33-26-35(39-44-33)37(3,4)5/h14,16-21,26,32H,6-13,15,22-25H2,1-5H3,(H,38,42). The highest BCUT2D eigenvalue weighted by Crippen LogP contribution is 2.24. The van der Waals surface area contributed by atoms with E-state index in [1.807, 2.05) is 49.4 Å². The summed E-state index contributed by atoms with van der Waals surface area (Å²) in [5.74, 6) is 1.89. The van der Waals surface area contributed by atoms with Gasteiger partial charge in [0.05, 0.1) is 5.69 Å². The highest BCUT2D eigenvalue weighted by molar-refractivity contribution is 6.06. The number of aromatic nitrogens is 1. The van der Waals surface area contributed by atoms with Crippen molar-refractivity contribution in [2.45, 2.75) is 110 Å². The number of nitrogens with one attached hydrogen (secondary N) is 1. The fourth-order valence-corrected chi connectivity index (χ4v) is 5.65. The van der Waals surface area contributed by atoms with Crippen LogP contribution in [0.15, 0.2) is 70.0 Å². The van der Waals surface area contributed by atoms with Gasteiger partial charge in [0.1, 0.15) is 23.4 Å². The predicted molar refractivity (Wildman–Crippen MR) is 177 cm³/mol. The molecule has 1 aliphatic heterocycles. The van der Waals surface area contributed by atoms with Gasteiger partial charge in [0, 0.05) is 55.1 Å². The number of carbonyl (C=O) groups excluding carboxylic acids is 2. The summed E-state index contributed by atoms with van der Waals surface area (Å²) in [6.07, 6.45) is 14.3. The summed E-state index contributed by atoms with van der Waals surface area (Å²) in [4.78, 5) is 28.1. The third kappa shape index (κ3) is 10.3. The van der Waals surface area contributed by atoms with Crippen LogP contribution in [0.25, 0.3) is 0 Å². The first-order valence-corrected chi connectivity index (χ1v) is 16.5. The maximum Gasteiger partial charge on any atom is 0.255 e. The summed E-state index contributed by atoms with van der Waals surface area (Å²) in [6.45, 7) is 13.8. The summed E-state index contributed by atoms with van der Waals surface area (Å²) in [5.41, 5.74) is 4.60. The summed E-state index contributed by atoms with van der Waals surface area (Å²) in [5, 5.41) is 7.22. The van der Waals surface area contributed by atoms with Gasteiger partial charge in [-0.3, -0.25) is 9.59 Å². The van der Waals surface area contributed by atoms with Gasteiger partial charge in [0.25, 0.3) is 5.91 Å². The quantitative estimate of drug-likeness (QED) is 0.251. The van der Waals surface area contributed by atoms with Crippen molar-refractivity contribution in [1.82, 2.24) is 10.1 Å². The zero-order valence-corrected chi connectivity index (χ0v) is 27.4. The Morgan fingerprint density at radius 3 is 2.41 bits per heavy atom. The average Bonchev–Trinajstić information content (AvgIpc) is 3.47. The van der Waals surface area contributed by atoms with E-state index >= 15 is 0 Å². The maximum atomic E-state index is 13.2. The van der Waals surface area contributed by atoms with Crippen LogP contribution in [0.4, 0.5) is 5.69 Å². The molecule has 0 unspecified atom stereocenters. The number of nitrogens with zero attached hydrogens (tertiary/aromatic N) is 2. The van der Waals surface area contributed by atoms with Crippen molar-refractivity contribution in [2.75, 3.05) is 25.0 Å². The zero-order chi connectivity index (χ0) is 31.5. The first-order chi connectivity index (χ1) is 21.1. The van der Waals surface area contributed by atoms with Crippen LogP contribution in [0.1, 0.15) is 103 Å². The number of ether oxygens (including phenoxy) is 1. The fraction of sp³-hybridized carbons (Fsp3) is 0.541. The number of anilines is 1. The van der Waals surface area contributed by atoms with Crippen molar-refractivity contribution in [1.29, 1.82) is 0 Å². The summed E-state index contributed by atoms with van der Waals surface area (Å²) < 4.78 is 11.7. The molecule has 7 nitrogen and oxygen atoms in total. The topological polar surface area (TPSA) is 84.7 Å². The average molecular weight is 602 g/mol. The minimum Gasteiger partial charge on any atom is -0.491 e. The van der Waals surface area contributed by atoms with E-state index in [1.165, 1.54) is 0 Å². The number of rotatable bonds is 13. The first kappa shape index (κ1) is 33.4. The zero-order valence-electron chi connectivity index (χ0n) is 27.4. The monoisotopic (exact) mass is 601 g/mol. The first-order valence-electron chi connectivity index (χ1n) is 16.5. The van der Waals surface area contributed by atoms with Gasteiger partial charge in [-0.05, 0) is 94.3 Å². The number of carbonyl (C=O) groups is 2. The fourth-order valence-electron chi connectivity index (χ4n) is 5.65. The Bertz CT molecular complexity index is 1340. The molecule has 2 heterocycles. The van der Waals surface area contributed by atoms with E-state index < -0.39 is 0 Å². The molecule has 44 heavy (non-hydrogen) atoms. The molecule has 1 N–H and O–H groups in total. The van der Waals surface area contributed by atoms with Crippen LogP contribution in [0.5, 0.6) is 0 Å². The highest BCUT2D eigenvalue weighted by Gasteiger charge is 2.21. The minimum absolute atomic E-state index is 0.0345. The number of likely N-dealkylation sites (tertiary alicyclic amines) is 1. The molecule has 1 amide bonds. The largest absolute Gasteiger partial charge is 0.491 e. The second-order valence-electron chi connectivity index (χ2n) is 13.2. The number of benzene rings is 1. The van der Waals surface area contributed by atoms with Gasteiger partial charge in [0.15, 0.2) is 0 Å².